The molecule has 3 aromatic rings. The Morgan fingerprint density at radius 2 is 1.51 bits per heavy atom. The molecule has 1 N–H and O–H groups in total. The van der Waals surface area contributed by atoms with Crippen LogP contribution in [0.2, 0.25) is 10.0 Å². The molecule has 2 saturated heterocycles. The minimum Gasteiger partial charge on any atom is -0.306 e. The van der Waals surface area contributed by atoms with Crippen molar-refractivity contribution in [2.24, 2.45) is 17.8 Å². The van der Waals surface area contributed by atoms with Crippen molar-refractivity contribution >= 4 is 46.6 Å². The van der Waals surface area contributed by atoms with Crippen LogP contribution < -0.4 is 10.2 Å². The first-order valence-electron chi connectivity index (χ1n) is 13.2. The molecule has 6 rings (SSSR count). The van der Waals surface area contributed by atoms with Gasteiger partial charge in [-0.05, 0) is 41.7 Å². The Morgan fingerprint density at radius 3 is 2.23 bits per heavy atom. The summed E-state index contributed by atoms with van der Waals surface area (Å²) in [5.41, 5.74) is 1.83. The highest BCUT2D eigenvalue weighted by Gasteiger charge is 2.71. The number of imide groups is 1. The summed E-state index contributed by atoms with van der Waals surface area (Å²) in [6, 6.07) is 22.1. The zero-order valence-corrected chi connectivity index (χ0v) is 23.2. The van der Waals surface area contributed by atoms with Crippen LogP contribution in [0.1, 0.15) is 37.0 Å². The smallest absolute Gasteiger partial charge is 0.253 e. The number of hydrogen-bond acceptors (Lipinski definition) is 4. The van der Waals surface area contributed by atoms with Crippen LogP contribution in [0.5, 0.6) is 0 Å². The van der Waals surface area contributed by atoms with Crippen molar-refractivity contribution in [1.82, 2.24) is 10.2 Å². The van der Waals surface area contributed by atoms with Gasteiger partial charge in [-0.2, -0.15) is 0 Å². The monoisotopic (exact) mass is 561 g/mol. The number of rotatable bonds is 6. The first-order chi connectivity index (χ1) is 18.7. The molecular formula is C31H29Cl2N3O3. The Hall–Kier alpha value is -3.19. The lowest BCUT2D eigenvalue weighted by atomic mass is 9.76. The van der Waals surface area contributed by atoms with Crippen LogP contribution in [0.4, 0.5) is 5.69 Å². The average molecular weight is 562 g/mol. The lowest BCUT2D eigenvalue weighted by Crippen LogP contribution is -2.55. The molecule has 0 radical (unpaired) electrons. The molecule has 0 aliphatic carbocycles. The molecule has 200 valence electrons. The molecule has 4 atom stereocenters. The fourth-order valence-electron chi connectivity index (χ4n) is 6.62. The number of carbonyl (C=O) groups excluding carboxylic acids is 3. The van der Waals surface area contributed by atoms with Crippen LogP contribution in [0.3, 0.4) is 0 Å². The molecule has 3 aliphatic rings. The van der Waals surface area contributed by atoms with Gasteiger partial charge in [0.1, 0.15) is 5.54 Å². The van der Waals surface area contributed by atoms with Gasteiger partial charge in [0.25, 0.3) is 5.91 Å². The van der Waals surface area contributed by atoms with E-state index in [1.807, 2.05) is 60.7 Å². The van der Waals surface area contributed by atoms with Crippen LogP contribution >= 0.6 is 23.2 Å². The molecular weight excluding hydrogens is 533 g/mol. The Morgan fingerprint density at radius 1 is 0.821 bits per heavy atom. The van der Waals surface area contributed by atoms with Gasteiger partial charge in [0, 0.05) is 17.3 Å². The van der Waals surface area contributed by atoms with Crippen molar-refractivity contribution in [2.75, 3.05) is 4.90 Å². The van der Waals surface area contributed by atoms with Gasteiger partial charge < -0.3 is 4.90 Å². The van der Waals surface area contributed by atoms with E-state index in [1.54, 1.807) is 17.0 Å². The Bertz CT molecular complexity index is 1480. The van der Waals surface area contributed by atoms with E-state index in [2.05, 4.69) is 19.2 Å². The van der Waals surface area contributed by atoms with Gasteiger partial charge in [0.05, 0.1) is 35.0 Å². The van der Waals surface area contributed by atoms with Crippen LogP contribution in [-0.4, -0.2) is 28.7 Å². The first-order valence-corrected chi connectivity index (χ1v) is 14.0. The Kier molecular flexibility index (Phi) is 6.53. The van der Waals surface area contributed by atoms with Crippen molar-refractivity contribution in [2.45, 2.75) is 44.9 Å². The van der Waals surface area contributed by atoms with Crippen LogP contribution in [0, 0.1) is 17.8 Å². The third kappa shape index (κ3) is 4.08. The SMILES string of the molecule is CC(C)CC1NC2(C(=O)N(Cc3ccc(Cl)c(Cl)c3)c3ccccc32)C2C(=O)N(Cc3ccccc3)C(=O)C12. The van der Waals surface area contributed by atoms with E-state index in [0.717, 1.165) is 22.4 Å². The fraction of sp³-hybridized carbons (Fsp3) is 0.323. The summed E-state index contributed by atoms with van der Waals surface area (Å²) in [7, 11) is 0. The average Bonchev–Trinajstić information content (AvgIpc) is 3.46. The third-order valence-corrected chi connectivity index (χ3v) is 8.93. The number of anilines is 1. The number of halogens is 2. The summed E-state index contributed by atoms with van der Waals surface area (Å²) in [5, 5.41) is 4.43. The lowest BCUT2D eigenvalue weighted by Gasteiger charge is -2.31. The molecule has 0 saturated carbocycles. The molecule has 0 aromatic heterocycles. The van der Waals surface area contributed by atoms with Gasteiger partial charge in [-0.25, -0.2) is 0 Å². The minimum atomic E-state index is -1.32. The van der Waals surface area contributed by atoms with Gasteiger partial charge in [0.2, 0.25) is 11.8 Å². The fourth-order valence-corrected chi connectivity index (χ4v) is 6.94. The molecule has 1 spiro atoms. The van der Waals surface area contributed by atoms with E-state index in [1.165, 1.54) is 4.90 Å². The highest BCUT2D eigenvalue weighted by Crippen LogP contribution is 2.55. The van der Waals surface area contributed by atoms with E-state index < -0.39 is 17.4 Å². The maximum atomic E-state index is 14.6. The number of hydrogen-bond donors (Lipinski definition) is 1. The summed E-state index contributed by atoms with van der Waals surface area (Å²) >= 11 is 12.4. The van der Waals surface area contributed by atoms with Gasteiger partial charge in [-0.15, -0.1) is 0 Å². The highest BCUT2D eigenvalue weighted by molar-refractivity contribution is 6.42. The summed E-state index contributed by atoms with van der Waals surface area (Å²) in [6.07, 6.45) is 0.670. The zero-order chi connectivity index (χ0) is 27.5. The molecule has 3 aliphatic heterocycles. The van der Waals surface area contributed by atoms with Crippen LogP contribution in [0.25, 0.3) is 0 Å². The minimum absolute atomic E-state index is 0.193. The molecule has 8 heteroatoms. The Balaban J connectivity index is 1.44. The maximum absolute atomic E-state index is 14.6. The summed E-state index contributed by atoms with van der Waals surface area (Å²) in [5.74, 6) is -1.91. The van der Waals surface area contributed by atoms with Crippen LogP contribution in [0.15, 0.2) is 72.8 Å². The second-order valence-corrected chi connectivity index (χ2v) is 11.9. The molecule has 4 unspecified atom stereocenters. The number of carbonyl (C=O) groups is 3. The quantitative estimate of drug-likeness (QED) is 0.400. The van der Waals surface area contributed by atoms with E-state index in [9.17, 15) is 14.4 Å². The predicted molar refractivity (Wildman–Crippen MR) is 151 cm³/mol. The van der Waals surface area contributed by atoms with Crippen molar-refractivity contribution in [1.29, 1.82) is 0 Å². The van der Waals surface area contributed by atoms with Gasteiger partial charge in [-0.3, -0.25) is 24.6 Å². The third-order valence-electron chi connectivity index (χ3n) is 8.19. The number of fused-ring (bicyclic) bond motifs is 4. The zero-order valence-electron chi connectivity index (χ0n) is 21.7. The summed E-state index contributed by atoms with van der Waals surface area (Å²) in [6.45, 7) is 4.63. The number of nitrogens with one attached hydrogen (secondary N) is 1. The lowest BCUT2D eigenvalue weighted by molar-refractivity contribution is -0.143. The number of nitrogens with zero attached hydrogens (tertiary/aromatic N) is 2. The molecule has 2 fully saturated rings. The van der Waals surface area contributed by atoms with Crippen molar-refractivity contribution in [3.63, 3.8) is 0 Å². The second-order valence-electron chi connectivity index (χ2n) is 11.1. The van der Waals surface area contributed by atoms with Crippen LogP contribution in [-0.2, 0) is 33.0 Å². The first kappa shape index (κ1) is 26.1. The van der Waals surface area contributed by atoms with E-state index in [0.29, 0.717) is 16.5 Å². The van der Waals surface area contributed by atoms with Gasteiger partial charge in [0.15, 0.2) is 0 Å². The maximum Gasteiger partial charge on any atom is 0.253 e. The number of likely N-dealkylation sites (tertiary alicyclic amines) is 1. The number of benzene rings is 3. The summed E-state index contributed by atoms with van der Waals surface area (Å²) < 4.78 is 0. The second kappa shape index (κ2) is 9.77. The summed E-state index contributed by atoms with van der Waals surface area (Å²) in [4.78, 5) is 45.7. The topological polar surface area (TPSA) is 69.7 Å². The standard InChI is InChI=1S/C31H29Cl2N3O3/c1-18(2)14-24-26-27(29(38)36(28(26)37)16-19-8-4-3-5-9-19)31(34-24)21-10-6-7-11-25(21)35(30(31)39)17-20-12-13-22(32)23(33)15-20/h3-13,15,18,24,26-27,34H,14,16-17H2,1-2H3. The normalized spacial score (nSPS) is 25.8. The van der Waals surface area contributed by atoms with Gasteiger partial charge >= 0.3 is 0 Å². The molecule has 0 bridgehead atoms. The van der Waals surface area contributed by atoms with E-state index in [4.69, 9.17) is 23.2 Å². The van der Waals surface area contributed by atoms with Crippen molar-refractivity contribution in [3.8, 4) is 0 Å². The van der Waals surface area contributed by atoms with E-state index in [-0.39, 0.29) is 42.8 Å². The van der Waals surface area contributed by atoms with Crippen molar-refractivity contribution in [3.05, 3.63) is 99.5 Å². The molecule has 3 heterocycles. The molecule has 39 heavy (non-hydrogen) atoms. The molecule has 3 amide bonds. The van der Waals surface area contributed by atoms with Gasteiger partial charge in [-0.1, -0.05) is 91.6 Å². The van der Waals surface area contributed by atoms with Crippen molar-refractivity contribution < 1.29 is 14.4 Å². The number of para-hydroxylation sites is 1. The predicted octanol–water partition coefficient (Wildman–Crippen LogP) is 5.55. The largest absolute Gasteiger partial charge is 0.306 e. The van der Waals surface area contributed by atoms with E-state index >= 15 is 0 Å². The molecule has 3 aromatic carbocycles. The highest BCUT2D eigenvalue weighted by atomic mass is 35.5. The Labute approximate surface area is 237 Å². The number of amides is 3. The molecule has 6 nitrogen and oxygen atoms in total.